The van der Waals surface area contributed by atoms with Crippen molar-refractivity contribution in [2.45, 2.75) is 26.5 Å². The quantitative estimate of drug-likeness (QED) is 0.754. The molecule has 0 spiro atoms. The zero-order valence-electron chi connectivity index (χ0n) is 7.66. The van der Waals surface area contributed by atoms with Crippen molar-refractivity contribution in [1.82, 2.24) is 9.78 Å². The second-order valence-electron chi connectivity index (χ2n) is 3.00. The Morgan fingerprint density at radius 3 is 2.54 bits per heavy atom. The van der Waals surface area contributed by atoms with Crippen molar-refractivity contribution in [3.63, 3.8) is 0 Å². The van der Waals surface area contributed by atoms with Crippen LogP contribution in [0.25, 0.3) is 0 Å². The van der Waals surface area contributed by atoms with Gasteiger partial charge in [0, 0.05) is 0 Å². The molecule has 1 aromatic heterocycles. The van der Waals surface area contributed by atoms with Crippen molar-refractivity contribution in [3.8, 4) is 0 Å². The first-order chi connectivity index (χ1) is 6.06. The number of halogens is 1. The molecular weight excluding hydrogens is 192 g/mol. The van der Waals surface area contributed by atoms with Crippen molar-refractivity contribution in [1.29, 1.82) is 0 Å². The molecule has 0 aliphatic rings. The van der Waals surface area contributed by atoms with Crippen LogP contribution in [0.1, 0.15) is 11.4 Å². The summed E-state index contributed by atoms with van der Waals surface area (Å²) in [6, 6.07) is 0. The number of aliphatic hydroxyl groups is 2. The van der Waals surface area contributed by atoms with E-state index < -0.39 is 6.10 Å². The van der Waals surface area contributed by atoms with E-state index in [0.29, 0.717) is 5.02 Å². The van der Waals surface area contributed by atoms with E-state index in [4.69, 9.17) is 16.7 Å². The fraction of sp³-hybridized carbons (Fsp3) is 0.625. The zero-order chi connectivity index (χ0) is 10.0. The third kappa shape index (κ3) is 2.21. The molecule has 1 heterocycles. The van der Waals surface area contributed by atoms with Gasteiger partial charge in [-0.3, -0.25) is 4.68 Å². The van der Waals surface area contributed by atoms with E-state index in [0.717, 1.165) is 11.4 Å². The van der Waals surface area contributed by atoms with Crippen LogP contribution in [0, 0.1) is 13.8 Å². The van der Waals surface area contributed by atoms with Gasteiger partial charge in [0.2, 0.25) is 0 Å². The third-order valence-electron chi connectivity index (χ3n) is 1.89. The summed E-state index contributed by atoms with van der Waals surface area (Å²) in [5, 5.41) is 22.5. The van der Waals surface area contributed by atoms with Gasteiger partial charge in [0.05, 0.1) is 35.7 Å². The first kappa shape index (κ1) is 10.5. The van der Waals surface area contributed by atoms with Crippen LogP contribution in [0.2, 0.25) is 5.02 Å². The molecule has 0 amide bonds. The number of aliphatic hydroxyl groups excluding tert-OH is 2. The Hall–Kier alpha value is -0.580. The number of rotatable bonds is 3. The second-order valence-corrected chi connectivity index (χ2v) is 3.38. The topological polar surface area (TPSA) is 58.3 Å². The maximum absolute atomic E-state index is 9.18. The fourth-order valence-corrected chi connectivity index (χ4v) is 1.25. The van der Waals surface area contributed by atoms with Crippen LogP contribution in [0.5, 0.6) is 0 Å². The van der Waals surface area contributed by atoms with Crippen molar-refractivity contribution < 1.29 is 10.2 Å². The number of hydrogen-bond acceptors (Lipinski definition) is 3. The summed E-state index contributed by atoms with van der Waals surface area (Å²) in [5.74, 6) is 0. The second kappa shape index (κ2) is 4.09. The number of aryl methyl sites for hydroxylation is 1. The van der Waals surface area contributed by atoms with E-state index in [-0.39, 0.29) is 13.2 Å². The molecule has 0 saturated carbocycles. The Kier molecular flexibility index (Phi) is 3.30. The van der Waals surface area contributed by atoms with Gasteiger partial charge in [-0.05, 0) is 13.8 Å². The summed E-state index contributed by atoms with van der Waals surface area (Å²) in [6.45, 7) is 3.63. The molecule has 1 aromatic rings. The highest BCUT2D eigenvalue weighted by Crippen LogP contribution is 2.18. The number of nitrogens with zero attached hydrogens (tertiary/aromatic N) is 2. The van der Waals surface area contributed by atoms with Gasteiger partial charge in [0.15, 0.2) is 0 Å². The average Bonchev–Trinajstić information content (AvgIpc) is 2.34. The smallest absolute Gasteiger partial charge is 0.0966 e. The van der Waals surface area contributed by atoms with Gasteiger partial charge in [-0.25, -0.2) is 0 Å². The number of hydrogen-bond donors (Lipinski definition) is 2. The van der Waals surface area contributed by atoms with E-state index in [1.165, 1.54) is 0 Å². The summed E-state index contributed by atoms with van der Waals surface area (Å²) < 4.78 is 1.60. The highest BCUT2D eigenvalue weighted by atomic mass is 35.5. The highest BCUT2D eigenvalue weighted by molar-refractivity contribution is 6.31. The summed E-state index contributed by atoms with van der Waals surface area (Å²) in [5.41, 5.74) is 1.55. The monoisotopic (exact) mass is 204 g/mol. The first-order valence-corrected chi connectivity index (χ1v) is 4.42. The van der Waals surface area contributed by atoms with Crippen LogP contribution in [-0.2, 0) is 6.54 Å². The van der Waals surface area contributed by atoms with Crippen LogP contribution in [0.4, 0.5) is 0 Å². The molecule has 1 atom stereocenters. The zero-order valence-corrected chi connectivity index (χ0v) is 8.41. The normalized spacial score (nSPS) is 13.3. The lowest BCUT2D eigenvalue weighted by Gasteiger charge is -2.08. The molecule has 1 rings (SSSR count). The predicted molar refractivity (Wildman–Crippen MR) is 49.8 cm³/mol. The molecule has 0 aromatic carbocycles. The Morgan fingerprint density at radius 2 is 2.15 bits per heavy atom. The Labute approximate surface area is 81.8 Å². The van der Waals surface area contributed by atoms with Crippen molar-refractivity contribution in [3.05, 3.63) is 16.4 Å². The van der Waals surface area contributed by atoms with E-state index in [9.17, 15) is 5.11 Å². The Balaban J connectivity index is 2.83. The van der Waals surface area contributed by atoms with E-state index in [1.807, 2.05) is 6.92 Å². The largest absolute Gasteiger partial charge is 0.394 e. The van der Waals surface area contributed by atoms with Gasteiger partial charge in [-0.2, -0.15) is 5.10 Å². The maximum Gasteiger partial charge on any atom is 0.0966 e. The first-order valence-electron chi connectivity index (χ1n) is 4.04. The molecule has 0 fully saturated rings. The Morgan fingerprint density at radius 1 is 1.54 bits per heavy atom. The van der Waals surface area contributed by atoms with Crippen molar-refractivity contribution in [2.24, 2.45) is 0 Å². The lowest BCUT2D eigenvalue weighted by Crippen LogP contribution is -2.21. The standard InChI is InChI=1S/C8H13ClN2O2/c1-5-8(9)6(2)11(10-5)3-7(13)4-12/h7,12-13H,3-4H2,1-2H3. The SMILES string of the molecule is Cc1nn(CC(O)CO)c(C)c1Cl. The summed E-state index contributed by atoms with van der Waals surface area (Å²) in [7, 11) is 0. The van der Waals surface area contributed by atoms with Crippen LogP contribution in [-0.4, -0.2) is 32.7 Å². The third-order valence-corrected chi connectivity index (χ3v) is 2.43. The molecule has 2 N–H and O–H groups in total. The number of aromatic nitrogens is 2. The highest BCUT2D eigenvalue weighted by Gasteiger charge is 2.11. The molecule has 13 heavy (non-hydrogen) atoms. The lowest BCUT2D eigenvalue weighted by molar-refractivity contribution is 0.0777. The van der Waals surface area contributed by atoms with Gasteiger partial charge >= 0.3 is 0 Å². The summed E-state index contributed by atoms with van der Waals surface area (Å²) in [6.07, 6.45) is -0.783. The van der Waals surface area contributed by atoms with Crippen LogP contribution >= 0.6 is 11.6 Å². The molecule has 1 unspecified atom stereocenters. The van der Waals surface area contributed by atoms with Crippen molar-refractivity contribution >= 4 is 11.6 Å². The molecular formula is C8H13ClN2O2. The lowest BCUT2D eigenvalue weighted by atomic mass is 10.3. The van der Waals surface area contributed by atoms with Gasteiger partial charge in [-0.15, -0.1) is 0 Å². The molecule has 0 aliphatic carbocycles. The van der Waals surface area contributed by atoms with E-state index in [2.05, 4.69) is 5.10 Å². The summed E-state index contributed by atoms with van der Waals surface area (Å²) >= 11 is 5.90. The molecule has 0 radical (unpaired) electrons. The molecule has 0 aliphatic heterocycles. The molecule has 0 saturated heterocycles. The van der Waals surface area contributed by atoms with Gasteiger partial charge in [0.25, 0.3) is 0 Å². The molecule has 74 valence electrons. The van der Waals surface area contributed by atoms with Crippen LogP contribution in [0.3, 0.4) is 0 Å². The van der Waals surface area contributed by atoms with Gasteiger partial charge in [0.1, 0.15) is 0 Å². The van der Waals surface area contributed by atoms with E-state index >= 15 is 0 Å². The van der Waals surface area contributed by atoms with Gasteiger partial charge in [-0.1, -0.05) is 11.6 Å². The summed E-state index contributed by atoms with van der Waals surface area (Å²) in [4.78, 5) is 0. The predicted octanol–water partition coefficient (Wildman–Crippen LogP) is 0.507. The van der Waals surface area contributed by atoms with Crippen molar-refractivity contribution in [2.75, 3.05) is 6.61 Å². The van der Waals surface area contributed by atoms with Crippen LogP contribution in [0.15, 0.2) is 0 Å². The van der Waals surface area contributed by atoms with Crippen LogP contribution < -0.4 is 0 Å². The van der Waals surface area contributed by atoms with Gasteiger partial charge < -0.3 is 10.2 Å². The molecule has 0 bridgehead atoms. The Bertz CT molecular complexity index is 299. The minimum Gasteiger partial charge on any atom is -0.394 e. The molecule has 4 nitrogen and oxygen atoms in total. The minimum absolute atomic E-state index is 0.268. The average molecular weight is 205 g/mol. The van der Waals surface area contributed by atoms with E-state index in [1.54, 1.807) is 11.6 Å². The molecule has 5 heteroatoms. The fourth-order valence-electron chi connectivity index (χ4n) is 1.11. The minimum atomic E-state index is -0.783. The maximum atomic E-state index is 9.18.